The fourth-order valence-corrected chi connectivity index (χ4v) is 5.56. The van der Waals surface area contributed by atoms with Gasteiger partial charge in [-0.15, -0.1) is 0 Å². The van der Waals surface area contributed by atoms with Gasteiger partial charge in [0.1, 0.15) is 12.1 Å². The van der Waals surface area contributed by atoms with E-state index < -0.39 is 17.5 Å². The Morgan fingerprint density at radius 1 is 1.29 bits per heavy atom. The largest absolute Gasteiger partial charge is 0.334 e. The fourth-order valence-electron chi connectivity index (χ4n) is 5.56. The molecule has 4 rings (SSSR count). The molecule has 1 aliphatic heterocycles. The second-order valence-corrected chi connectivity index (χ2v) is 10.9. The fraction of sp³-hybridized carbons (Fsp3) is 0.560. The summed E-state index contributed by atoms with van der Waals surface area (Å²) in [4.78, 5) is 44.6. The van der Waals surface area contributed by atoms with E-state index in [1.165, 1.54) is 0 Å². The van der Waals surface area contributed by atoms with E-state index in [2.05, 4.69) is 41.5 Å². The third kappa shape index (κ3) is 4.43. The van der Waals surface area contributed by atoms with E-state index in [0.717, 1.165) is 16.9 Å². The van der Waals surface area contributed by atoms with Crippen LogP contribution in [0.1, 0.15) is 71.2 Å². The summed E-state index contributed by atoms with van der Waals surface area (Å²) in [6, 6.07) is 4.96. The summed E-state index contributed by atoms with van der Waals surface area (Å²) < 4.78 is 5.42. The van der Waals surface area contributed by atoms with Crippen molar-refractivity contribution < 1.29 is 18.9 Å². The number of benzene rings is 1. The molecule has 9 nitrogen and oxygen atoms in total. The monoisotopic (exact) mass is 467 g/mol. The number of hydrogen-bond acceptors (Lipinski definition) is 6. The molecule has 2 heterocycles. The Morgan fingerprint density at radius 2 is 2.03 bits per heavy atom. The Kier molecular flexibility index (Phi) is 5.99. The van der Waals surface area contributed by atoms with E-state index in [0.29, 0.717) is 41.7 Å². The molecular weight excluding hydrogens is 434 g/mol. The van der Waals surface area contributed by atoms with Gasteiger partial charge in [0, 0.05) is 5.92 Å². The summed E-state index contributed by atoms with van der Waals surface area (Å²) in [5.41, 5.74) is 0.883. The number of hydrogen-bond donors (Lipinski definition) is 2. The maximum Gasteiger partial charge on any atom is 0.325 e. The van der Waals surface area contributed by atoms with Crippen molar-refractivity contribution in [1.29, 1.82) is 0 Å². The summed E-state index contributed by atoms with van der Waals surface area (Å²) >= 11 is 0. The number of carbonyl (C=O) groups is 3. The highest BCUT2D eigenvalue weighted by Crippen LogP contribution is 2.46. The molecule has 1 aliphatic carbocycles. The number of rotatable bonds is 5. The number of nitrogens with one attached hydrogen (secondary N) is 2. The first-order chi connectivity index (χ1) is 15.9. The highest BCUT2D eigenvalue weighted by molar-refractivity contribution is 6.10. The van der Waals surface area contributed by atoms with E-state index in [-0.39, 0.29) is 23.8 Å². The molecule has 1 saturated heterocycles. The first-order valence-electron chi connectivity index (χ1n) is 11.8. The number of aromatic nitrogens is 2. The van der Waals surface area contributed by atoms with Gasteiger partial charge in [-0.2, -0.15) is 4.98 Å². The molecule has 1 aromatic carbocycles. The first-order valence-corrected chi connectivity index (χ1v) is 11.8. The van der Waals surface area contributed by atoms with Crippen molar-refractivity contribution in [2.24, 2.45) is 11.3 Å². The first kappa shape index (κ1) is 23.9. The average Bonchev–Trinajstić information content (AvgIpc) is 3.28. The molecule has 4 amide bonds. The summed E-state index contributed by atoms with van der Waals surface area (Å²) in [6.07, 6.45) is 2.13. The van der Waals surface area contributed by atoms with E-state index in [4.69, 9.17) is 4.52 Å². The highest BCUT2D eigenvalue weighted by Gasteiger charge is 2.56. The van der Waals surface area contributed by atoms with Crippen molar-refractivity contribution in [1.82, 2.24) is 20.4 Å². The molecule has 2 unspecified atom stereocenters. The van der Waals surface area contributed by atoms with Crippen LogP contribution in [0.5, 0.6) is 0 Å². The van der Waals surface area contributed by atoms with Crippen LogP contribution in [-0.4, -0.2) is 45.0 Å². The summed E-state index contributed by atoms with van der Waals surface area (Å²) in [6.45, 7) is 11.7. The smallest absolute Gasteiger partial charge is 0.325 e. The number of amides is 4. The van der Waals surface area contributed by atoms with Crippen molar-refractivity contribution >= 4 is 23.5 Å². The predicted octanol–water partition coefficient (Wildman–Crippen LogP) is 4.24. The summed E-state index contributed by atoms with van der Waals surface area (Å²) in [5, 5.41) is 9.78. The lowest BCUT2D eigenvalue weighted by atomic mass is 9.64. The maximum atomic E-state index is 13.4. The number of anilines is 1. The average molecular weight is 468 g/mol. The molecule has 182 valence electrons. The number of carbonyl (C=O) groups excluding carboxylic acids is 3. The topological polar surface area (TPSA) is 117 Å². The van der Waals surface area contributed by atoms with Gasteiger partial charge in [0.2, 0.25) is 5.91 Å². The second kappa shape index (κ2) is 8.52. The zero-order chi connectivity index (χ0) is 24.8. The molecular formula is C25H33N5O4. The Bertz CT molecular complexity index is 1140. The maximum absolute atomic E-state index is 13.4. The van der Waals surface area contributed by atoms with Crippen LogP contribution in [0.3, 0.4) is 0 Å². The van der Waals surface area contributed by atoms with Crippen LogP contribution in [0.25, 0.3) is 11.5 Å². The van der Waals surface area contributed by atoms with Gasteiger partial charge in [-0.3, -0.25) is 14.5 Å². The molecule has 2 fully saturated rings. The Balaban J connectivity index is 1.53. The molecule has 0 bridgehead atoms. The molecule has 2 atom stereocenters. The van der Waals surface area contributed by atoms with Crippen molar-refractivity contribution in [3.8, 4) is 11.5 Å². The molecule has 1 aromatic heterocycles. The van der Waals surface area contributed by atoms with Gasteiger partial charge in [0.05, 0.1) is 11.3 Å². The number of imide groups is 1. The molecule has 9 heteroatoms. The van der Waals surface area contributed by atoms with Crippen LogP contribution >= 0.6 is 0 Å². The van der Waals surface area contributed by atoms with E-state index in [1.54, 1.807) is 6.07 Å². The zero-order valence-corrected chi connectivity index (χ0v) is 20.7. The van der Waals surface area contributed by atoms with Crippen LogP contribution in [0, 0.1) is 18.3 Å². The van der Waals surface area contributed by atoms with Gasteiger partial charge >= 0.3 is 6.03 Å². The van der Waals surface area contributed by atoms with Crippen LogP contribution in [-0.2, 0) is 9.59 Å². The lowest BCUT2D eigenvalue weighted by Gasteiger charge is -2.43. The third-order valence-electron chi connectivity index (χ3n) is 6.65. The lowest BCUT2D eigenvalue weighted by Crippen LogP contribution is -2.54. The van der Waals surface area contributed by atoms with E-state index >= 15 is 0 Å². The Morgan fingerprint density at radius 3 is 2.68 bits per heavy atom. The van der Waals surface area contributed by atoms with Crippen molar-refractivity contribution in [2.75, 3.05) is 11.9 Å². The minimum atomic E-state index is -0.941. The van der Waals surface area contributed by atoms with E-state index in [9.17, 15) is 14.4 Å². The molecule has 0 radical (unpaired) electrons. The minimum absolute atomic E-state index is 0.0756. The molecule has 2 N–H and O–H groups in total. The van der Waals surface area contributed by atoms with E-state index in [1.807, 2.05) is 32.9 Å². The van der Waals surface area contributed by atoms with Gasteiger partial charge in [-0.05, 0) is 49.1 Å². The van der Waals surface area contributed by atoms with Crippen molar-refractivity contribution in [3.63, 3.8) is 0 Å². The number of urea groups is 1. The van der Waals surface area contributed by atoms with Gasteiger partial charge in [-0.1, -0.05) is 51.9 Å². The minimum Gasteiger partial charge on any atom is -0.334 e. The molecule has 1 saturated carbocycles. The van der Waals surface area contributed by atoms with Crippen molar-refractivity contribution in [3.05, 3.63) is 29.6 Å². The van der Waals surface area contributed by atoms with Crippen LogP contribution in [0.2, 0.25) is 0 Å². The lowest BCUT2D eigenvalue weighted by molar-refractivity contribution is -0.136. The summed E-state index contributed by atoms with van der Waals surface area (Å²) in [7, 11) is 0. The molecule has 2 aromatic rings. The van der Waals surface area contributed by atoms with Crippen LogP contribution < -0.4 is 10.6 Å². The SMILES string of the molecule is Cc1cccc(-c2nc(C(C)C)no2)c1NC(=O)CN1C(=O)NC2(CC(C)CC(C)(C)C2)C1=O. The standard InChI is InChI=1S/C25H33N5O4/c1-14(2)20-27-21(34-29-20)17-9-7-8-16(4)19(17)26-18(31)12-30-22(32)25(28-23(30)33)11-15(3)10-24(5,6)13-25/h7-9,14-15H,10-13H2,1-6H3,(H,26,31)(H,28,33). The molecule has 2 aliphatic rings. The second-order valence-electron chi connectivity index (χ2n) is 10.9. The van der Waals surface area contributed by atoms with Gasteiger partial charge < -0.3 is 15.2 Å². The summed E-state index contributed by atoms with van der Waals surface area (Å²) in [5.74, 6) is 0.470. The Hall–Kier alpha value is -3.23. The van der Waals surface area contributed by atoms with Gasteiger partial charge in [0.25, 0.3) is 11.8 Å². The van der Waals surface area contributed by atoms with Gasteiger partial charge in [0.15, 0.2) is 5.82 Å². The zero-order valence-electron chi connectivity index (χ0n) is 20.7. The van der Waals surface area contributed by atoms with Crippen LogP contribution in [0.15, 0.2) is 22.7 Å². The van der Waals surface area contributed by atoms with Crippen molar-refractivity contribution in [2.45, 2.75) is 72.3 Å². The number of para-hydroxylation sites is 1. The highest BCUT2D eigenvalue weighted by atomic mass is 16.5. The normalized spacial score (nSPS) is 24.1. The quantitative estimate of drug-likeness (QED) is 0.635. The molecule has 34 heavy (non-hydrogen) atoms. The third-order valence-corrected chi connectivity index (χ3v) is 6.65. The Labute approximate surface area is 199 Å². The number of nitrogens with zero attached hydrogens (tertiary/aromatic N) is 3. The molecule has 1 spiro atoms. The van der Waals surface area contributed by atoms with Crippen LogP contribution in [0.4, 0.5) is 10.5 Å². The van der Waals surface area contributed by atoms with Gasteiger partial charge in [-0.25, -0.2) is 4.79 Å². The number of aryl methyl sites for hydroxylation is 1. The predicted molar refractivity (Wildman–Crippen MR) is 127 cm³/mol.